The molecule has 0 saturated heterocycles. The van der Waals surface area contributed by atoms with Crippen LogP contribution in [0.1, 0.15) is 13.8 Å². The highest BCUT2D eigenvalue weighted by Crippen LogP contribution is 2.20. The molecule has 20 heavy (non-hydrogen) atoms. The van der Waals surface area contributed by atoms with Crippen LogP contribution in [0, 0.1) is 0 Å². The minimum atomic E-state index is -0.594. The Balaban J connectivity index is 0.00000200. The van der Waals surface area contributed by atoms with Gasteiger partial charge in [0.1, 0.15) is 24.0 Å². The van der Waals surface area contributed by atoms with Gasteiger partial charge in [-0.05, 0) is 12.1 Å². The van der Waals surface area contributed by atoms with E-state index >= 15 is 0 Å². The van der Waals surface area contributed by atoms with Gasteiger partial charge in [-0.3, -0.25) is 0 Å². The van der Waals surface area contributed by atoms with Crippen LogP contribution < -0.4 is 15.7 Å². The molecule has 2 aromatic rings. The molecule has 0 aliphatic rings. The quantitative estimate of drug-likeness (QED) is 0.641. The first-order chi connectivity index (χ1) is 9.06. The fraction of sp³-hybridized carbons (Fsp3) is 0.462. The van der Waals surface area contributed by atoms with Crippen molar-refractivity contribution in [3.8, 4) is 5.75 Å². The van der Waals surface area contributed by atoms with Crippen molar-refractivity contribution in [3.63, 3.8) is 0 Å². The Bertz CT molecular complexity index is 594. The van der Waals surface area contributed by atoms with Gasteiger partial charge >= 0.3 is 5.69 Å². The number of para-hydroxylation sites is 1. The average molecular weight is 302 g/mol. The van der Waals surface area contributed by atoms with Crippen molar-refractivity contribution in [1.82, 2.24) is 15.3 Å². The minimum Gasteiger partial charge on any atom is -0.489 e. The van der Waals surface area contributed by atoms with Gasteiger partial charge in [0.05, 0.1) is 5.52 Å². The van der Waals surface area contributed by atoms with Gasteiger partial charge in [-0.1, -0.05) is 19.9 Å². The van der Waals surface area contributed by atoms with E-state index in [0.717, 1.165) is 0 Å². The van der Waals surface area contributed by atoms with Crippen molar-refractivity contribution < 1.29 is 9.84 Å². The number of halogens is 1. The second kappa shape index (κ2) is 7.33. The van der Waals surface area contributed by atoms with Crippen LogP contribution in [0.15, 0.2) is 23.0 Å². The number of aromatic nitrogens is 2. The number of ether oxygens (including phenoxy) is 1. The molecular weight excluding hydrogens is 282 g/mol. The van der Waals surface area contributed by atoms with E-state index in [2.05, 4.69) is 15.3 Å². The van der Waals surface area contributed by atoms with Crippen LogP contribution in [0.5, 0.6) is 5.75 Å². The van der Waals surface area contributed by atoms with Gasteiger partial charge in [0, 0.05) is 12.6 Å². The average Bonchev–Trinajstić information content (AvgIpc) is 2.74. The summed E-state index contributed by atoms with van der Waals surface area (Å²) in [5.74, 6) is 0.555. The van der Waals surface area contributed by atoms with Gasteiger partial charge in [-0.2, -0.15) is 0 Å². The molecule has 0 bridgehead atoms. The number of hydrogen-bond donors (Lipinski definition) is 4. The highest BCUT2D eigenvalue weighted by atomic mass is 35.5. The van der Waals surface area contributed by atoms with E-state index in [1.54, 1.807) is 18.2 Å². The van der Waals surface area contributed by atoms with Gasteiger partial charge in [0.25, 0.3) is 0 Å². The van der Waals surface area contributed by atoms with Crippen molar-refractivity contribution in [3.05, 3.63) is 28.7 Å². The van der Waals surface area contributed by atoms with Crippen LogP contribution in [0.25, 0.3) is 11.0 Å². The summed E-state index contributed by atoms with van der Waals surface area (Å²) in [5, 5.41) is 12.9. The van der Waals surface area contributed by atoms with E-state index in [1.165, 1.54) is 0 Å². The Morgan fingerprint density at radius 1 is 1.35 bits per heavy atom. The predicted molar refractivity (Wildman–Crippen MR) is 80.8 cm³/mol. The first kappa shape index (κ1) is 16.6. The van der Waals surface area contributed by atoms with E-state index in [4.69, 9.17) is 4.74 Å². The Kier molecular flexibility index (Phi) is 6.06. The molecule has 1 aromatic heterocycles. The van der Waals surface area contributed by atoms with Crippen LogP contribution in [0.3, 0.4) is 0 Å². The molecule has 7 heteroatoms. The summed E-state index contributed by atoms with van der Waals surface area (Å²) in [6, 6.07) is 5.66. The molecule has 6 nitrogen and oxygen atoms in total. The molecule has 0 amide bonds. The van der Waals surface area contributed by atoms with E-state index < -0.39 is 6.10 Å². The lowest BCUT2D eigenvalue weighted by molar-refractivity contribution is 0.105. The first-order valence-corrected chi connectivity index (χ1v) is 6.31. The number of fused-ring (bicyclic) bond motifs is 1. The number of nitrogens with one attached hydrogen (secondary N) is 3. The lowest BCUT2D eigenvalue weighted by atomic mass is 10.3. The maximum absolute atomic E-state index is 11.2. The van der Waals surface area contributed by atoms with Crippen LogP contribution >= 0.6 is 12.4 Å². The zero-order valence-electron chi connectivity index (χ0n) is 11.5. The number of aromatic amines is 2. The molecule has 0 radical (unpaired) electrons. The van der Waals surface area contributed by atoms with Crippen molar-refractivity contribution in [2.75, 3.05) is 13.2 Å². The topological polar surface area (TPSA) is 90.1 Å². The second-order valence-electron chi connectivity index (χ2n) is 4.79. The normalized spacial score (nSPS) is 12.4. The maximum Gasteiger partial charge on any atom is 0.323 e. The second-order valence-corrected chi connectivity index (χ2v) is 4.79. The minimum absolute atomic E-state index is 0. The van der Waals surface area contributed by atoms with Gasteiger partial charge in [-0.25, -0.2) is 4.79 Å². The molecule has 0 spiro atoms. The Hall–Kier alpha value is -1.50. The lowest BCUT2D eigenvalue weighted by Gasteiger charge is -2.15. The molecule has 112 valence electrons. The lowest BCUT2D eigenvalue weighted by Crippen LogP contribution is -2.35. The number of hydrogen-bond acceptors (Lipinski definition) is 4. The number of aliphatic hydroxyl groups is 1. The molecule has 1 unspecified atom stereocenters. The van der Waals surface area contributed by atoms with E-state index in [-0.39, 0.29) is 24.7 Å². The summed E-state index contributed by atoms with van der Waals surface area (Å²) in [6.07, 6.45) is -0.594. The van der Waals surface area contributed by atoms with E-state index in [1.807, 2.05) is 13.8 Å². The number of benzene rings is 1. The van der Waals surface area contributed by atoms with Crippen LogP contribution in [-0.4, -0.2) is 40.4 Å². The molecule has 1 aromatic carbocycles. The Labute approximate surface area is 123 Å². The number of rotatable bonds is 6. The van der Waals surface area contributed by atoms with Crippen LogP contribution in [0.4, 0.5) is 0 Å². The molecule has 1 heterocycles. The zero-order chi connectivity index (χ0) is 13.8. The fourth-order valence-electron chi connectivity index (χ4n) is 1.77. The molecule has 0 aliphatic carbocycles. The number of aliphatic hydroxyl groups excluding tert-OH is 1. The van der Waals surface area contributed by atoms with Crippen molar-refractivity contribution in [1.29, 1.82) is 0 Å². The van der Waals surface area contributed by atoms with Gasteiger partial charge < -0.3 is 25.1 Å². The first-order valence-electron chi connectivity index (χ1n) is 6.31. The van der Waals surface area contributed by atoms with Gasteiger partial charge in [0.2, 0.25) is 0 Å². The standard InChI is InChI=1S/C13H19N3O3.ClH/c1-8(2)14-6-9(17)7-19-11-5-3-4-10-12(11)16-13(18)15-10;/h3-5,8-9,14,17H,6-7H2,1-2H3,(H2,15,16,18);1H. The molecule has 0 fully saturated rings. The highest BCUT2D eigenvalue weighted by molar-refractivity contribution is 5.85. The van der Waals surface area contributed by atoms with E-state index in [9.17, 15) is 9.90 Å². The molecule has 0 aliphatic heterocycles. The zero-order valence-corrected chi connectivity index (χ0v) is 12.3. The van der Waals surface area contributed by atoms with Gasteiger partial charge in [0.15, 0.2) is 0 Å². The predicted octanol–water partition coefficient (Wildman–Crippen LogP) is 1.02. The highest BCUT2D eigenvalue weighted by Gasteiger charge is 2.09. The Morgan fingerprint density at radius 3 is 2.80 bits per heavy atom. The summed E-state index contributed by atoms with van der Waals surface area (Å²) < 4.78 is 5.55. The monoisotopic (exact) mass is 301 g/mol. The third-order valence-corrected chi connectivity index (χ3v) is 2.71. The third-order valence-electron chi connectivity index (χ3n) is 2.71. The smallest absolute Gasteiger partial charge is 0.323 e. The summed E-state index contributed by atoms with van der Waals surface area (Å²) in [4.78, 5) is 16.6. The molecular formula is C13H20ClN3O3. The van der Waals surface area contributed by atoms with Crippen LogP contribution in [0.2, 0.25) is 0 Å². The van der Waals surface area contributed by atoms with Crippen LogP contribution in [-0.2, 0) is 0 Å². The summed E-state index contributed by atoms with van der Waals surface area (Å²) in [6.45, 7) is 4.67. The third kappa shape index (κ3) is 4.26. The molecule has 2 rings (SSSR count). The largest absolute Gasteiger partial charge is 0.489 e. The van der Waals surface area contributed by atoms with E-state index in [0.29, 0.717) is 29.4 Å². The van der Waals surface area contributed by atoms with Crippen molar-refractivity contribution in [2.45, 2.75) is 26.0 Å². The van der Waals surface area contributed by atoms with Crippen molar-refractivity contribution >= 4 is 23.4 Å². The summed E-state index contributed by atoms with van der Waals surface area (Å²) in [5.41, 5.74) is 1.04. The fourth-order valence-corrected chi connectivity index (χ4v) is 1.77. The molecule has 1 atom stereocenters. The number of imidazole rings is 1. The SMILES string of the molecule is CC(C)NCC(O)COc1cccc2[nH]c(=O)[nH]c12.Cl. The summed E-state index contributed by atoms with van der Waals surface area (Å²) >= 11 is 0. The van der Waals surface area contributed by atoms with Crippen molar-refractivity contribution in [2.24, 2.45) is 0 Å². The maximum atomic E-state index is 11.2. The summed E-state index contributed by atoms with van der Waals surface area (Å²) in [7, 11) is 0. The molecule has 0 saturated carbocycles. The van der Waals surface area contributed by atoms with Gasteiger partial charge in [-0.15, -0.1) is 12.4 Å². The molecule has 4 N–H and O–H groups in total. The number of H-pyrrole nitrogens is 2. The Morgan fingerprint density at radius 2 is 2.10 bits per heavy atom.